The predicted octanol–water partition coefficient (Wildman–Crippen LogP) is 2.08. The second-order valence-electron chi connectivity index (χ2n) is 5.53. The van der Waals surface area contributed by atoms with Crippen molar-refractivity contribution in [1.82, 2.24) is 9.88 Å². The summed E-state index contributed by atoms with van der Waals surface area (Å²) in [5, 5.41) is 3.13. The van der Waals surface area contributed by atoms with Crippen molar-refractivity contribution in [1.29, 1.82) is 0 Å². The number of aliphatic imine (C=N–C) groups is 1. The lowest BCUT2D eigenvalue weighted by Gasteiger charge is -2.35. The van der Waals surface area contributed by atoms with Crippen molar-refractivity contribution in [2.75, 3.05) is 37.6 Å². The summed E-state index contributed by atoms with van der Waals surface area (Å²) in [6, 6.07) is 0. The van der Waals surface area contributed by atoms with Crippen LogP contribution in [0.25, 0.3) is 0 Å². The van der Waals surface area contributed by atoms with E-state index >= 15 is 0 Å². The van der Waals surface area contributed by atoms with Gasteiger partial charge in [0.25, 0.3) is 0 Å². The van der Waals surface area contributed by atoms with E-state index in [4.69, 9.17) is 5.73 Å². The van der Waals surface area contributed by atoms with Crippen molar-refractivity contribution in [2.24, 2.45) is 10.7 Å². The van der Waals surface area contributed by atoms with Crippen LogP contribution in [0.1, 0.15) is 25.7 Å². The minimum atomic E-state index is 0.701. The number of hydrogen-bond donors (Lipinski definition) is 1. The van der Waals surface area contributed by atoms with Crippen molar-refractivity contribution in [3.63, 3.8) is 0 Å². The van der Waals surface area contributed by atoms with Crippen LogP contribution in [-0.2, 0) is 0 Å². The number of piperazine rings is 1. The Kier molecular flexibility index (Phi) is 4.75. The lowest BCUT2D eigenvalue weighted by molar-refractivity contribution is 0.380. The molecule has 2 aliphatic rings. The summed E-state index contributed by atoms with van der Waals surface area (Å²) in [5.74, 6) is 0.701. The third-order valence-corrected chi connectivity index (χ3v) is 4.97. The van der Waals surface area contributed by atoms with E-state index in [1.54, 1.807) is 16.9 Å². The molecule has 21 heavy (non-hydrogen) atoms. The summed E-state index contributed by atoms with van der Waals surface area (Å²) in [6.07, 6.45) is 9.10. The monoisotopic (exact) mass is 305 g/mol. The highest BCUT2D eigenvalue weighted by atomic mass is 32.1. The molecular formula is C15H23N5S. The van der Waals surface area contributed by atoms with Gasteiger partial charge in [0.1, 0.15) is 0 Å². The summed E-state index contributed by atoms with van der Waals surface area (Å²) < 4.78 is 0. The van der Waals surface area contributed by atoms with Crippen LogP contribution < -0.4 is 10.6 Å². The van der Waals surface area contributed by atoms with Crippen molar-refractivity contribution in [3.05, 3.63) is 23.2 Å². The standard InChI is InChI=1S/C15H23N5S/c16-14(17-6-5-13-3-1-2-4-13)19-8-10-20(11-9-19)15-18-7-12-21-15/h3,7,12H,1-2,4-6,8-11H2,(H2,16,17). The Balaban J connectivity index is 1.44. The third kappa shape index (κ3) is 3.75. The van der Waals surface area contributed by atoms with Gasteiger partial charge in [0.15, 0.2) is 11.1 Å². The third-order valence-electron chi connectivity index (χ3n) is 4.14. The highest BCUT2D eigenvalue weighted by molar-refractivity contribution is 7.13. The number of hydrogen-bond acceptors (Lipinski definition) is 4. The molecule has 2 heterocycles. The Bertz CT molecular complexity index is 500. The minimum Gasteiger partial charge on any atom is -0.370 e. The number of guanidine groups is 1. The van der Waals surface area contributed by atoms with E-state index < -0.39 is 0 Å². The van der Waals surface area contributed by atoms with Gasteiger partial charge in [-0.1, -0.05) is 11.6 Å². The van der Waals surface area contributed by atoms with Gasteiger partial charge < -0.3 is 15.5 Å². The largest absolute Gasteiger partial charge is 0.370 e. The fraction of sp³-hybridized carbons (Fsp3) is 0.600. The summed E-state index contributed by atoms with van der Waals surface area (Å²) in [6.45, 7) is 4.61. The molecule has 0 aromatic carbocycles. The number of anilines is 1. The van der Waals surface area contributed by atoms with Gasteiger partial charge in [-0.3, -0.25) is 4.99 Å². The van der Waals surface area contributed by atoms with Crippen LogP contribution in [0.2, 0.25) is 0 Å². The summed E-state index contributed by atoms with van der Waals surface area (Å²) in [4.78, 5) is 13.4. The van der Waals surface area contributed by atoms with E-state index in [1.165, 1.54) is 19.3 Å². The number of nitrogens with two attached hydrogens (primary N) is 1. The van der Waals surface area contributed by atoms with E-state index in [1.807, 2.05) is 11.6 Å². The molecule has 0 saturated carbocycles. The quantitative estimate of drug-likeness (QED) is 0.526. The van der Waals surface area contributed by atoms with Gasteiger partial charge in [0.05, 0.1) is 0 Å². The van der Waals surface area contributed by atoms with Crippen LogP contribution in [0.3, 0.4) is 0 Å². The molecule has 114 valence electrons. The SMILES string of the molecule is NC(=NCCC1=CCCC1)N1CCN(c2nccs2)CC1. The van der Waals surface area contributed by atoms with Gasteiger partial charge in [-0.25, -0.2) is 4.98 Å². The number of nitrogens with zero attached hydrogens (tertiary/aromatic N) is 4. The zero-order valence-corrected chi connectivity index (χ0v) is 13.2. The Labute approximate surface area is 130 Å². The van der Waals surface area contributed by atoms with Crippen molar-refractivity contribution in [2.45, 2.75) is 25.7 Å². The summed E-state index contributed by atoms with van der Waals surface area (Å²) >= 11 is 1.70. The molecule has 3 rings (SSSR count). The number of rotatable bonds is 4. The van der Waals surface area contributed by atoms with Gasteiger partial charge in [-0.05, 0) is 25.7 Å². The van der Waals surface area contributed by atoms with Gasteiger partial charge >= 0.3 is 0 Å². The lowest BCUT2D eigenvalue weighted by Crippen LogP contribution is -2.51. The van der Waals surface area contributed by atoms with Crippen LogP contribution in [0, 0.1) is 0 Å². The fourth-order valence-corrected chi connectivity index (χ4v) is 3.57. The second kappa shape index (κ2) is 6.93. The molecule has 0 amide bonds. The minimum absolute atomic E-state index is 0.701. The smallest absolute Gasteiger partial charge is 0.191 e. The molecule has 1 saturated heterocycles. The number of thiazole rings is 1. The molecule has 0 radical (unpaired) electrons. The highest BCUT2D eigenvalue weighted by Gasteiger charge is 2.19. The Morgan fingerprint density at radius 1 is 1.33 bits per heavy atom. The molecule has 0 bridgehead atoms. The van der Waals surface area contributed by atoms with Crippen LogP contribution >= 0.6 is 11.3 Å². The Hall–Kier alpha value is -1.56. The molecule has 0 unspecified atom stereocenters. The average molecular weight is 305 g/mol. The van der Waals surface area contributed by atoms with Gasteiger partial charge in [-0.2, -0.15) is 0 Å². The van der Waals surface area contributed by atoms with Gasteiger partial charge in [0.2, 0.25) is 0 Å². The predicted molar refractivity (Wildman–Crippen MR) is 88.9 cm³/mol. The Morgan fingerprint density at radius 2 is 2.19 bits per heavy atom. The molecule has 1 aromatic heterocycles. The first kappa shape index (κ1) is 14.4. The highest BCUT2D eigenvalue weighted by Crippen LogP contribution is 2.20. The van der Waals surface area contributed by atoms with Crippen molar-refractivity contribution >= 4 is 22.4 Å². The topological polar surface area (TPSA) is 57.8 Å². The number of aromatic nitrogens is 1. The molecular weight excluding hydrogens is 282 g/mol. The fourth-order valence-electron chi connectivity index (χ4n) is 2.88. The van der Waals surface area contributed by atoms with E-state index in [0.29, 0.717) is 5.96 Å². The van der Waals surface area contributed by atoms with E-state index in [-0.39, 0.29) is 0 Å². The zero-order valence-electron chi connectivity index (χ0n) is 12.4. The van der Waals surface area contributed by atoms with Crippen molar-refractivity contribution < 1.29 is 0 Å². The first-order valence-electron chi connectivity index (χ1n) is 7.70. The molecule has 1 aromatic rings. The molecule has 5 nitrogen and oxygen atoms in total. The molecule has 0 atom stereocenters. The van der Waals surface area contributed by atoms with Crippen molar-refractivity contribution in [3.8, 4) is 0 Å². The molecule has 0 spiro atoms. The maximum absolute atomic E-state index is 6.12. The van der Waals surface area contributed by atoms with E-state index in [9.17, 15) is 0 Å². The van der Waals surface area contributed by atoms with Crippen LogP contribution in [0.15, 0.2) is 28.2 Å². The van der Waals surface area contributed by atoms with Crippen LogP contribution in [0.4, 0.5) is 5.13 Å². The summed E-state index contributed by atoms with van der Waals surface area (Å²) in [5.41, 5.74) is 7.68. The maximum Gasteiger partial charge on any atom is 0.191 e. The second-order valence-corrected chi connectivity index (χ2v) is 6.41. The molecule has 1 aliphatic heterocycles. The molecule has 1 fully saturated rings. The van der Waals surface area contributed by atoms with Crippen LogP contribution in [0.5, 0.6) is 0 Å². The van der Waals surface area contributed by atoms with Gasteiger partial charge in [-0.15, -0.1) is 11.3 Å². The molecule has 2 N–H and O–H groups in total. The summed E-state index contributed by atoms with van der Waals surface area (Å²) in [7, 11) is 0. The zero-order chi connectivity index (χ0) is 14.5. The molecule has 6 heteroatoms. The number of allylic oxidation sites excluding steroid dienone is 1. The normalized spacial score (nSPS) is 20.0. The maximum atomic E-state index is 6.12. The van der Waals surface area contributed by atoms with E-state index in [2.05, 4.69) is 25.9 Å². The first-order chi connectivity index (χ1) is 10.3. The first-order valence-corrected chi connectivity index (χ1v) is 8.58. The lowest BCUT2D eigenvalue weighted by atomic mass is 10.2. The van der Waals surface area contributed by atoms with Gasteiger partial charge in [0, 0.05) is 44.3 Å². The average Bonchev–Trinajstić information content (AvgIpc) is 3.21. The Morgan fingerprint density at radius 3 is 2.86 bits per heavy atom. The van der Waals surface area contributed by atoms with E-state index in [0.717, 1.165) is 44.3 Å². The van der Waals surface area contributed by atoms with Crippen LogP contribution in [-0.4, -0.2) is 48.6 Å². The molecule has 1 aliphatic carbocycles.